The summed E-state index contributed by atoms with van der Waals surface area (Å²) in [6, 6.07) is 5.27. The number of hydrogen-bond acceptors (Lipinski definition) is 7. The number of hydrogen-bond donors (Lipinski definition) is 2. The van der Waals surface area contributed by atoms with Gasteiger partial charge in [-0.25, -0.2) is 9.67 Å². The van der Waals surface area contributed by atoms with Gasteiger partial charge in [0.05, 0.1) is 18.5 Å². The van der Waals surface area contributed by atoms with Gasteiger partial charge in [0.1, 0.15) is 18.1 Å². The van der Waals surface area contributed by atoms with E-state index in [1.165, 1.54) is 0 Å². The molecule has 29 heavy (non-hydrogen) atoms. The first-order chi connectivity index (χ1) is 14.2. The van der Waals surface area contributed by atoms with Gasteiger partial charge in [-0.1, -0.05) is 0 Å². The summed E-state index contributed by atoms with van der Waals surface area (Å²) < 4.78 is 12.8. The Balaban J connectivity index is 1.23. The van der Waals surface area contributed by atoms with Crippen LogP contribution in [-0.4, -0.2) is 53.2 Å². The Morgan fingerprint density at radius 3 is 2.76 bits per heavy atom. The van der Waals surface area contributed by atoms with Gasteiger partial charge < -0.3 is 25.4 Å². The van der Waals surface area contributed by atoms with E-state index in [2.05, 4.69) is 27.4 Å². The number of pyridine rings is 1. The normalized spacial score (nSPS) is 22.7. The topological polar surface area (TPSA) is 90.5 Å². The molecular formula is C21H28N6O2. The number of nitrogens with zero attached hydrogens (tertiary/aromatic N) is 4. The molecular weight excluding hydrogens is 368 g/mol. The van der Waals surface area contributed by atoms with Crippen LogP contribution in [-0.2, 0) is 16.1 Å². The third-order valence-electron chi connectivity index (χ3n) is 6.11. The maximum Gasteiger partial charge on any atom is 0.189 e. The number of nitrogens with one attached hydrogen (secondary N) is 1. The molecule has 2 fully saturated rings. The predicted octanol–water partition coefficient (Wildman–Crippen LogP) is 1.79. The van der Waals surface area contributed by atoms with E-state index in [0.29, 0.717) is 24.6 Å². The molecule has 2 aromatic heterocycles. The summed E-state index contributed by atoms with van der Waals surface area (Å²) in [4.78, 5) is 7.07. The van der Waals surface area contributed by atoms with Crippen molar-refractivity contribution < 1.29 is 9.47 Å². The zero-order chi connectivity index (χ0) is 19.8. The summed E-state index contributed by atoms with van der Waals surface area (Å²) >= 11 is 0. The molecule has 5 rings (SSSR count). The summed E-state index contributed by atoms with van der Waals surface area (Å²) in [7, 11) is 0. The lowest BCUT2D eigenvalue weighted by atomic mass is 10.0. The van der Waals surface area contributed by atoms with E-state index in [-0.39, 0.29) is 0 Å². The highest BCUT2D eigenvalue weighted by molar-refractivity contribution is 5.66. The Kier molecular flexibility index (Phi) is 4.89. The van der Waals surface area contributed by atoms with Crippen molar-refractivity contribution in [3.8, 4) is 5.69 Å². The third-order valence-corrected chi connectivity index (χ3v) is 6.11. The van der Waals surface area contributed by atoms with E-state index in [0.717, 1.165) is 73.9 Å². The van der Waals surface area contributed by atoms with E-state index >= 15 is 0 Å². The van der Waals surface area contributed by atoms with Gasteiger partial charge >= 0.3 is 0 Å². The van der Waals surface area contributed by atoms with Crippen LogP contribution in [0.15, 0.2) is 30.4 Å². The zero-order valence-electron chi connectivity index (χ0n) is 16.8. The number of ether oxygens (including phenoxy) is 2. The van der Waals surface area contributed by atoms with Crippen LogP contribution >= 0.6 is 0 Å². The Hall–Kier alpha value is -2.58. The molecule has 3 N–H and O–H groups in total. The molecule has 0 bridgehead atoms. The highest BCUT2D eigenvalue weighted by Crippen LogP contribution is 2.27. The summed E-state index contributed by atoms with van der Waals surface area (Å²) in [5, 5.41) is 8.42. The van der Waals surface area contributed by atoms with Crippen LogP contribution in [0.2, 0.25) is 0 Å². The van der Waals surface area contributed by atoms with Crippen LogP contribution in [0.3, 0.4) is 0 Å². The fourth-order valence-electron chi connectivity index (χ4n) is 4.32. The predicted molar refractivity (Wildman–Crippen MR) is 111 cm³/mol. The molecule has 2 saturated heterocycles. The number of allylic oxidation sites excluding steroid dienone is 1. The van der Waals surface area contributed by atoms with Crippen molar-refractivity contribution in [1.82, 2.24) is 20.1 Å². The molecule has 0 aromatic carbocycles. The number of piperidine rings is 1. The third kappa shape index (κ3) is 3.70. The molecule has 3 aliphatic heterocycles. The molecule has 0 spiro atoms. The molecule has 3 aliphatic rings. The van der Waals surface area contributed by atoms with Gasteiger partial charge in [-0.15, -0.1) is 0 Å². The second kappa shape index (κ2) is 7.68. The van der Waals surface area contributed by atoms with Crippen molar-refractivity contribution in [1.29, 1.82) is 0 Å². The lowest BCUT2D eigenvalue weighted by molar-refractivity contribution is 0.186. The van der Waals surface area contributed by atoms with Crippen LogP contribution in [0.4, 0.5) is 5.82 Å². The van der Waals surface area contributed by atoms with E-state index in [1.54, 1.807) is 0 Å². The molecule has 0 saturated carbocycles. The maximum atomic E-state index is 5.88. The minimum atomic E-state index is 0.453. The summed E-state index contributed by atoms with van der Waals surface area (Å²) in [5.41, 5.74) is 9.65. The van der Waals surface area contributed by atoms with Gasteiger partial charge in [-0.2, -0.15) is 5.10 Å². The van der Waals surface area contributed by atoms with E-state index in [1.807, 2.05) is 24.0 Å². The van der Waals surface area contributed by atoms with Crippen molar-refractivity contribution in [3.05, 3.63) is 41.7 Å². The second-order valence-corrected chi connectivity index (χ2v) is 8.09. The van der Waals surface area contributed by atoms with Crippen LogP contribution < -0.4 is 16.0 Å². The summed E-state index contributed by atoms with van der Waals surface area (Å²) in [5.74, 6) is 1.48. The Bertz CT molecular complexity index is 892. The molecule has 0 unspecified atom stereocenters. The second-order valence-electron chi connectivity index (χ2n) is 8.09. The van der Waals surface area contributed by atoms with E-state index < -0.39 is 0 Å². The average Bonchev–Trinajstić information content (AvgIpc) is 3.42. The average molecular weight is 396 g/mol. The Morgan fingerprint density at radius 2 is 2.03 bits per heavy atom. The van der Waals surface area contributed by atoms with Gasteiger partial charge in [-0.3, -0.25) is 0 Å². The van der Waals surface area contributed by atoms with Crippen LogP contribution in [0.25, 0.3) is 11.3 Å². The SMILES string of the molecule is CC1=C(N)OCc2cn(-c3ccc(N4CCC(N[C@@H]5CCOC5)CC4)nc3)nc21. The van der Waals surface area contributed by atoms with Crippen LogP contribution in [0.5, 0.6) is 0 Å². The molecule has 8 heteroatoms. The Labute approximate surface area is 170 Å². The zero-order valence-corrected chi connectivity index (χ0v) is 16.8. The van der Waals surface area contributed by atoms with Crippen molar-refractivity contribution in [2.75, 3.05) is 31.2 Å². The minimum Gasteiger partial charge on any atom is -0.474 e. The molecule has 0 amide bonds. The van der Waals surface area contributed by atoms with Gasteiger partial charge in [0.2, 0.25) is 0 Å². The monoisotopic (exact) mass is 396 g/mol. The molecule has 5 heterocycles. The highest BCUT2D eigenvalue weighted by Gasteiger charge is 2.24. The standard InChI is InChI=1S/C21H28N6O2/c1-14-20-15(12-29-21(14)22)11-27(25-20)18-2-3-19(23-10-18)26-7-4-16(5-8-26)24-17-6-9-28-13-17/h2-3,10-11,16-17,24H,4-9,12-13,22H2,1H3/t17-/m1/s1. The van der Waals surface area contributed by atoms with Crippen molar-refractivity contribution in [2.24, 2.45) is 5.73 Å². The van der Waals surface area contributed by atoms with Gasteiger partial charge in [0.25, 0.3) is 0 Å². The quantitative estimate of drug-likeness (QED) is 0.814. The lowest BCUT2D eigenvalue weighted by Gasteiger charge is -2.34. The minimum absolute atomic E-state index is 0.453. The Morgan fingerprint density at radius 1 is 1.17 bits per heavy atom. The van der Waals surface area contributed by atoms with Crippen molar-refractivity contribution in [3.63, 3.8) is 0 Å². The molecule has 1 atom stereocenters. The van der Waals surface area contributed by atoms with E-state index in [4.69, 9.17) is 20.2 Å². The fraction of sp³-hybridized carbons (Fsp3) is 0.524. The smallest absolute Gasteiger partial charge is 0.189 e. The first-order valence-electron chi connectivity index (χ1n) is 10.4. The number of fused-ring (bicyclic) bond motifs is 1. The first-order valence-corrected chi connectivity index (χ1v) is 10.4. The highest BCUT2D eigenvalue weighted by atomic mass is 16.5. The van der Waals surface area contributed by atoms with Crippen molar-refractivity contribution in [2.45, 2.75) is 44.9 Å². The van der Waals surface area contributed by atoms with E-state index in [9.17, 15) is 0 Å². The fourth-order valence-corrected chi connectivity index (χ4v) is 4.32. The number of anilines is 1. The maximum absolute atomic E-state index is 5.88. The number of nitrogens with two attached hydrogens (primary N) is 1. The first kappa shape index (κ1) is 18.4. The van der Waals surface area contributed by atoms with Gasteiger partial charge in [-0.05, 0) is 38.3 Å². The summed E-state index contributed by atoms with van der Waals surface area (Å²) in [6.07, 6.45) is 7.29. The number of aromatic nitrogens is 3. The molecule has 0 aliphatic carbocycles. The van der Waals surface area contributed by atoms with Gasteiger partial charge in [0.15, 0.2) is 5.88 Å². The van der Waals surface area contributed by atoms with Crippen LogP contribution in [0, 0.1) is 0 Å². The van der Waals surface area contributed by atoms with Crippen molar-refractivity contribution >= 4 is 11.4 Å². The lowest BCUT2D eigenvalue weighted by Crippen LogP contribution is -2.46. The molecule has 0 radical (unpaired) electrons. The van der Waals surface area contributed by atoms with Gasteiger partial charge in [0, 0.05) is 49.1 Å². The molecule has 154 valence electrons. The van der Waals surface area contributed by atoms with Crippen LogP contribution in [0.1, 0.15) is 37.4 Å². The largest absolute Gasteiger partial charge is 0.474 e. The molecule has 8 nitrogen and oxygen atoms in total. The molecule has 2 aromatic rings. The number of rotatable bonds is 4. The summed E-state index contributed by atoms with van der Waals surface area (Å²) in [6.45, 7) is 6.18.